The molecule has 0 saturated carbocycles. The van der Waals surface area contributed by atoms with Crippen molar-refractivity contribution in [2.24, 2.45) is 0 Å². The fourth-order valence-electron chi connectivity index (χ4n) is 1.39. The predicted octanol–water partition coefficient (Wildman–Crippen LogP) is 0.912. The fraction of sp³-hybridized carbons (Fsp3) is 0.500. The number of hydrogen-bond donors (Lipinski definition) is 2. The summed E-state index contributed by atoms with van der Waals surface area (Å²) < 4.78 is 0. The van der Waals surface area contributed by atoms with Gasteiger partial charge in [-0.05, 0) is 25.5 Å². The van der Waals surface area contributed by atoms with E-state index >= 15 is 0 Å². The monoisotopic (exact) mass is 237 g/mol. The van der Waals surface area contributed by atoms with Crippen molar-refractivity contribution in [1.29, 1.82) is 0 Å². The van der Waals surface area contributed by atoms with Gasteiger partial charge >= 0.3 is 6.03 Å². The van der Waals surface area contributed by atoms with Gasteiger partial charge in [-0.25, -0.2) is 4.79 Å². The SMILES string of the molecule is Cc1ccc(CNC(=O)N(C)CC(C)O)cn1. The molecule has 0 aliphatic rings. The lowest BCUT2D eigenvalue weighted by Gasteiger charge is -2.19. The number of aliphatic hydroxyl groups is 1. The molecule has 1 rings (SSSR count). The normalized spacial score (nSPS) is 12.0. The molecule has 94 valence electrons. The number of carbonyl (C=O) groups excluding carboxylic acids is 1. The zero-order chi connectivity index (χ0) is 12.8. The molecule has 0 aromatic carbocycles. The van der Waals surface area contributed by atoms with Crippen LogP contribution in [0.4, 0.5) is 4.79 Å². The van der Waals surface area contributed by atoms with Crippen LogP contribution in [0.15, 0.2) is 18.3 Å². The Bertz CT molecular complexity index is 363. The Hall–Kier alpha value is -1.62. The van der Waals surface area contributed by atoms with E-state index in [1.807, 2.05) is 19.1 Å². The molecule has 0 radical (unpaired) electrons. The Morgan fingerprint density at radius 2 is 2.29 bits per heavy atom. The van der Waals surface area contributed by atoms with Crippen LogP contribution in [0.25, 0.3) is 0 Å². The highest BCUT2D eigenvalue weighted by atomic mass is 16.3. The maximum atomic E-state index is 11.6. The van der Waals surface area contributed by atoms with Crippen molar-refractivity contribution in [3.05, 3.63) is 29.6 Å². The summed E-state index contributed by atoms with van der Waals surface area (Å²) in [6.45, 7) is 4.32. The van der Waals surface area contributed by atoms with E-state index in [-0.39, 0.29) is 6.03 Å². The van der Waals surface area contributed by atoms with E-state index in [4.69, 9.17) is 5.11 Å². The maximum absolute atomic E-state index is 11.6. The zero-order valence-corrected chi connectivity index (χ0v) is 10.5. The van der Waals surface area contributed by atoms with E-state index < -0.39 is 6.10 Å². The number of likely N-dealkylation sites (N-methyl/N-ethyl adjacent to an activating group) is 1. The number of nitrogens with zero attached hydrogens (tertiary/aromatic N) is 2. The van der Waals surface area contributed by atoms with Gasteiger partial charge in [-0.1, -0.05) is 6.07 Å². The Morgan fingerprint density at radius 3 is 2.82 bits per heavy atom. The molecule has 1 atom stereocenters. The van der Waals surface area contributed by atoms with Gasteiger partial charge in [0, 0.05) is 32.0 Å². The number of aryl methyl sites for hydroxylation is 1. The van der Waals surface area contributed by atoms with Crippen molar-refractivity contribution in [2.45, 2.75) is 26.5 Å². The van der Waals surface area contributed by atoms with E-state index in [1.54, 1.807) is 20.2 Å². The van der Waals surface area contributed by atoms with Gasteiger partial charge in [-0.15, -0.1) is 0 Å². The molecule has 5 heteroatoms. The fourth-order valence-corrected chi connectivity index (χ4v) is 1.39. The summed E-state index contributed by atoms with van der Waals surface area (Å²) in [5.41, 5.74) is 1.90. The lowest BCUT2D eigenvalue weighted by atomic mass is 10.2. The first-order valence-electron chi connectivity index (χ1n) is 5.57. The molecule has 1 aromatic rings. The number of urea groups is 1. The Kier molecular flexibility index (Phi) is 4.90. The minimum atomic E-state index is -0.521. The Balaban J connectivity index is 2.40. The topological polar surface area (TPSA) is 65.5 Å². The van der Waals surface area contributed by atoms with Gasteiger partial charge < -0.3 is 15.3 Å². The van der Waals surface area contributed by atoms with E-state index in [1.165, 1.54) is 4.90 Å². The first-order chi connectivity index (χ1) is 7.99. The van der Waals surface area contributed by atoms with Crippen molar-refractivity contribution in [2.75, 3.05) is 13.6 Å². The second-order valence-electron chi connectivity index (χ2n) is 4.20. The van der Waals surface area contributed by atoms with Crippen LogP contribution < -0.4 is 5.32 Å². The van der Waals surface area contributed by atoms with Crippen molar-refractivity contribution in [3.63, 3.8) is 0 Å². The van der Waals surface area contributed by atoms with Crippen LogP contribution in [0.2, 0.25) is 0 Å². The second-order valence-corrected chi connectivity index (χ2v) is 4.20. The number of aliphatic hydroxyl groups excluding tert-OH is 1. The van der Waals surface area contributed by atoms with E-state index in [0.29, 0.717) is 13.1 Å². The summed E-state index contributed by atoms with van der Waals surface area (Å²) in [5.74, 6) is 0. The summed E-state index contributed by atoms with van der Waals surface area (Å²) in [6.07, 6.45) is 1.22. The van der Waals surface area contributed by atoms with Crippen LogP contribution in [0.5, 0.6) is 0 Å². The number of rotatable bonds is 4. The van der Waals surface area contributed by atoms with Gasteiger partial charge in [0.25, 0.3) is 0 Å². The molecule has 17 heavy (non-hydrogen) atoms. The van der Waals surface area contributed by atoms with E-state index in [2.05, 4.69) is 10.3 Å². The van der Waals surface area contributed by atoms with Gasteiger partial charge in [0.1, 0.15) is 0 Å². The first-order valence-corrected chi connectivity index (χ1v) is 5.57. The molecule has 0 saturated heterocycles. The average Bonchev–Trinajstić information content (AvgIpc) is 2.27. The summed E-state index contributed by atoms with van der Waals surface area (Å²) in [5, 5.41) is 11.9. The van der Waals surface area contributed by atoms with Crippen molar-refractivity contribution in [1.82, 2.24) is 15.2 Å². The number of pyridine rings is 1. The molecule has 1 aromatic heterocycles. The summed E-state index contributed by atoms with van der Waals surface area (Å²) in [6, 6.07) is 3.63. The number of hydrogen-bond acceptors (Lipinski definition) is 3. The van der Waals surface area contributed by atoms with Crippen molar-refractivity contribution in [3.8, 4) is 0 Å². The Morgan fingerprint density at radius 1 is 1.59 bits per heavy atom. The minimum absolute atomic E-state index is 0.202. The number of aromatic nitrogens is 1. The highest BCUT2D eigenvalue weighted by Crippen LogP contribution is 1.99. The third kappa shape index (κ3) is 4.82. The summed E-state index contributed by atoms with van der Waals surface area (Å²) in [7, 11) is 1.65. The summed E-state index contributed by atoms with van der Waals surface area (Å²) in [4.78, 5) is 17.2. The molecule has 0 bridgehead atoms. The highest BCUT2D eigenvalue weighted by molar-refractivity contribution is 5.73. The van der Waals surface area contributed by atoms with E-state index in [9.17, 15) is 4.79 Å². The third-order valence-electron chi connectivity index (χ3n) is 2.30. The molecule has 0 aliphatic heterocycles. The molecule has 0 fully saturated rings. The largest absolute Gasteiger partial charge is 0.392 e. The Labute approximate surface area is 101 Å². The molecule has 5 nitrogen and oxygen atoms in total. The van der Waals surface area contributed by atoms with Gasteiger partial charge in [-0.2, -0.15) is 0 Å². The lowest BCUT2D eigenvalue weighted by molar-refractivity contribution is 0.143. The van der Waals surface area contributed by atoms with Crippen LogP contribution in [-0.2, 0) is 6.54 Å². The molecular weight excluding hydrogens is 218 g/mol. The van der Waals surface area contributed by atoms with Crippen LogP contribution in [0.3, 0.4) is 0 Å². The van der Waals surface area contributed by atoms with Crippen molar-refractivity contribution >= 4 is 6.03 Å². The first kappa shape index (κ1) is 13.4. The van der Waals surface area contributed by atoms with Gasteiger partial charge in [0.05, 0.1) is 6.10 Å². The molecule has 2 amide bonds. The smallest absolute Gasteiger partial charge is 0.317 e. The summed E-state index contributed by atoms with van der Waals surface area (Å²) >= 11 is 0. The molecule has 0 spiro atoms. The molecule has 1 heterocycles. The van der Waals surface area contributed by atoms with Gasteiger partial charge in [-0.3, -0.25) is 4.98 Å². The van der Waals surface area contributed by atoms with Crippen LogP contribution in [0, 0.1) is 6.92 Å². The minimum Gasteiger partial charge on any atom is -0.392 e. The van der Waals surface area contributed by atoms with Crippen LogP contribution >= 0.6 is 0 Å². The number of carbonyl (C=O) groups is 1. The average molecular weight is 237 g/mol. The quantitative estimate of drug-likeness (QED) is 0.818. The number of nitrogens with one attached hydrogen (secondary N) is 1. The molecule has 1 unspecified atom stereocenters. The van der Waals surface area contributed by atoms with Gasteiger partial charge in [0.15, 0.2) is 0 Å². The molecular formula is C12H19N3O2. The van der Waals surface area contributed by atoms with Gasteiger partial charge in [0.2, 0.25) is 0 Å². The zero-order valence-electron chi connectivity index (χ0n) is 10.5. The van der Waals surface area contributed by atoms with Crippen LogP contribution in [0.1, 0.15) is 18.2 Å². The van der Waals surface area contributed by atoms with Crippen LogP contribution in [-0.4, -0.2) is 40.7 Å². The van der Waals surface area contributed by atoms with E-state index in [0.717, 1.165) is 11.3 Å². The number of amides is 2. The second kappa shape index (κ2) is 6.20. The standard InChI is InChI=1S/C12H19N3O2/c1-9-4-5-11(6-13-9)7-14-12(17)15(3)8-10(2)16/h4-6,10,16H,7-8H2,1-3H3,(H,14,17). The molecule has 2 N–H and O–H groups in total. The lowest BCUT2D eigenvalue weighted by Crippen LogP contribution is -2.40. The highest BCUT2D eigenvalue weighted by Gasteiger charge is 2.09. The third-order valence-corrected chi connectivity index (χ3v) is 2.30. The molecule has 0 aliphatic carbocycles. The van der Waals surface area contributed by atoms with Crippen molar-refractivity contribution < 1.29 is 9.90 Å². The maximum Gasteiger partial charge on any atom is 0.317 e. The predicted molar refractivity (Wildman–Crippen MR) is 65.5 cm³/mol.